The van der Waals surface area contributed by atoms with Crippen LogP contribution in [0.1, 0.15) is 19.3 Å². The lowest BCUT2D eigenvalue weighted by molar-refractivity contribution is -0.135. The first-order valence-electron chi connectivity index (χ1n) is 5.87. The highest BCUT2D eigenvalue weighted by atomic mass is 19.4. The zero-order chi connectivity index (χ0) is 13.2. The van der Waals surface area contributed by atoms with Crippen LogP contribution >= 0.6 is 0 Å². The van der Waals surface area contributed by atoms with Crippen molar-refractivity contribution in [1.29, 1.82) is 0 Å². The quantitative estimate of drug-likeness (QED) is 0.651. The molecular formula is C13H15F3N2. The summed E-state index contributed by atoms with van der Waals surface area (Å²) in [5.41, 5.74) is 7.34. The zero-order valence-corrected chi connectivity index (χ0v) is 9.87. The monoisotopic (exact) mass is 256 g/mol. The summed E-state index contributed by atoms with van der Waals surface area (Å²) in [4.78, 5) is 0. The van der Waals surface area contributed by atoms with Gasteiger partial charge in [0.05, 0.1) is 5.52 Å². The van der Waals surface area contributed by atoms with E-state index in [1.807, 2.05) is 35.0 Å². The molecule has 0 unspecified atom stereocenters. The molecule has 0 radical (unpaired) electrons. The third-order valence-electron chi connectivity index (χ3n) is 2.91. The number of hydrogen-bond donors (Lipinski definition) is 1. The number of nitrogens with two attached hydrogens (primary N) is 1. The van der Waals surface area contributed by atoms with Crippen molar-refractivity contribution in [2.45, 2.75) is 32.0 Å². The van der Waals surface area contributed by atoms with Crippen molar-refractivity contribution in [3.8, 4) is 0 Å². The summed E-state index contributed by atoms with van der Waals surface area (Å²) in [6.07, 6.45) is -2.21. The maximum Gasteiger partial charge on any atom is 0.389 e. The zero-order valence-electron chi connectivity index (χ0n) is 9.87. The highest BCUT2D eigenvalue weighted by molar-refractivity contribution is 5.83. The SMILES string of the molecule is Nc1ccc2ccn(CCCCC(F)(F)F)c2c1. The minimum atomic E-state index is -4.05. The molecule has 18 heavy (non-hydrogen) atoms. The number of aryl methyl sites for hydroxylation is 1. The van der Waals surface area contributed by atoms with Crippen molar-refractivity contribution in [3.05, 3.63) is 30.5 Å². The van der Waals surface area contributed by atoms with Crippen LogP contribution in [-0.4, -0.2) is 10.7 Å². The van der Waals surface area contributed by atoms with Gasteiger partial charge in [-0.25, -0.2) is 0 Å². The summed E-state index contributed by atoms with van der Waals surface area (Å²) in [7, 11) is 0. The lowest BCUT2D eigenvalue weighted by Gasteiger charge is -2.08. The summed E-state index contributed by atoms with van der Waals surface area (Å²) in [6, 6.07) is 7.52. The minimum Gasteiger partial charge on any atom is -0.399 e. The first-order chi connectivity index (χ1) is 8.46. The number of benzene rings is 1. The molecule has 0 aliphatic rings. The second kappa shape index (κ2) is 4.92. The first-order valence-corrected chi connectivity index (χ1v) is 5.87. The minimum absolute atomic E-state index is 0.158. The van der Waals surface area contributed by atoms with E-state index in [9.17, 15) is 13.2 Å². The van der Waals surface area contributed by atoms with Crippen molar-refractivity contribution in [2.75, 3.05) is 5.73 Å². The van der Waals surface area contributed by atoms with Gasteiger partial charge < -0.3 is 10.3 Å². The van der Waals surface area contributed by atoms with E-state index in [-0.39, 0.29) is 6.42 Å². The summed E-state index contributed by atoms with van der Waals surface area (Å²) in [5, 5.41) is 1.06. The Bertz CT molecular complexity index is 529. The molecular weight excluding hydrogens is 241 g/mol. The van der Waals surface area contributed by atoms with Gasteiger partial charge in [-0.3, -0.25) is 0 Å². The number of anilines is 1. The molecule has 0 saturated carbocycles. The number of nitrogen functional groups attached to an aromatic ring is 1. The second-order valence-corrected chi connectivity index (χ2v) is 4.40. The van der Waals surface area contributed by atoms with E-state index in [1.165, 1.54) is 0 Å². The van der Waals surface area contributed by atoms with Gasteiger partial charge >= 0.3 is 6.18 Å². The maximum atomic E-state index is 12.0. The normalized spacial score (nSPS) is 12.2. The fourth-order valence-electron chi connectivity index (χ4n) is 2.00. The highest BCUT2D eigenvalue weighted by Crippen LogP contribution is 2.23. The van der Waals surface area contributed by atoms with Crippen LogP contribution in [0.4, 0.5) is 18.9 Å². The Kier molecular flexibility index (Phi) is 3.50. The van der Waals surface area contributed by atoms with E-state index in [0.29, 0.717) is 18.7 Å². The molecule has 0 atom stereocenters. The van der Waals surface area contributed by atoms with E-state index in [2.05, 4.69) is 0 Å². The number of rotatable bonds is 4. The number of fused-ring (bicyclic) bond motifs is 1. The van der Waals surface area contributed by atoms with E-state index in [1.54, 1.807) is 0 Å². The number of alkyl halides is 3. The van der Waals surface area contributed by atoms with Gasteiger partial charge in [-0.2, -0.15) is 13.2 Å². The molecule has 0 aliphatic heterocycles. The van der Waals surface area contributed by atoms with Crippen LogP contribution in [0.15, 0.2) is 30.5 Å². The Hall–Kier alpha value is -1.65. The Morgan fingerprint density at radius 2 is 1.89 bits per heavy atom. The second-order valence-electron chi connectivity index (χ2n) is 4.40. The Labute approximate surface area is 103 Å². The molecule has 0 saturated heterocycles. The summed E-state index contributed by atoms with van der Waals surface area (Å²) in [6.45, 7) is 0.586. The number of hydrogen-bond acceptors (Lipinski definition) is 1. The van der Waals surface area contributed by atoms with E-state index >= 15 is 0 Å². The van der Waals surface area contributed by atoms with Crippen molar-refractivity contribution < 1.29 is 13.2 Å². The van der Waals surface area contributed by atoms with E-state index in [4.69, 9.17) is 5.73 Å². The van der Waals surface area contributed by atoms with Crippen LogP contribution < -0.4 is 5.73 Å². The molecule has 0 amide bonds. The smallest absolute Gasteiger partial charge is 0.389 e. The van der Waals surface area contributed by atoms with Crippen molar-refractivity contribution >= 4 is 16.6 Å². The maximum absolute atomic E-state index is 12.0. The van der Waals surface area contributed by atoms with Gasteiger partial charge in [-0.15, -0.1) is 0 Å². The molecule has 1 heterocycles. The molecule has 1 aromatic carbocycles. The molecule has 1 aromatic heterocycles. The Morgan fingerprint density at radius 1 is 1.11 bits per heavy atom. The van der Waals surface area contributed by atoms with Gasteiger partial charge in [0, 0.05) is 24.8 Å². The van der Waals surface area contributed by atoms with E-state index in [0.717, 1.165) is 10.9 Å². The number of aromatic nitrogens is 1. The third kappa shape index (κ3) is 3.18. The molecule has 5 heteroatoms. The van der Waals surface area contributed by atoms with Crippen LogP contribution in [0.2, 0.25) is 0 Å². The number of unbranched alkanes of at least 4 members (excludes halogenated alkanes) is 1. The molecule has 2 aromatic rings. The molecule has 0 bridgehead atoms. The van der Waals surface area contributed by atoms with Gasteiger partial charge in [-0.05, 0) is 36.4 Å². The topological polar surface area (TPSA) is 30.9 Å². The third-order valence-corrected chi connectivity index (χ3v) is 2.91. The van der Waals surface area contributed by atoms with Crippen molar-refractivity contribution in [1.82, 2.24) is 4.57 Å². The van der Waals surface area contributed by atoms with Crippen LogP contribution in [0.3, 0.4) is 0 Å². The standard InChI is InChI=1S/C13H15F3N2/c14-13(15,16)6-1-2-7-18-8-5-10-3-4-11(17)9-12(10)18/h3-5,8-9H,1-2,6-7,17H2. The van der Waals surface area contributed by atoms with Crippen molar-refractivity contribution in [3.63, 3.8) is 0 Å². The number of halogens is 3. The highest BCUT2D eigenvalue weighted by Gasteiger charge is 2.25. The Morgan fingerprint density at radius 3 is 2.61 bits per heavy atom. The van der Waals surface area contributed by atoms with Gasteiger partial charge in [-0.1, -0.05) is 6.07 Å². The number of nitrogens with zero attached hydrogens (tertiary/aromatic N) is 1. The molecule has 0 fully saturated rings. The van der Waals surface area contributed by atoms with Gasteiger partial charge in [0.2, 0.25) is 0 Å². The summed E-state index contributed by atoms with van der Waals surface area (Å²) in [5.74, 6) is 0. The van der Waals surface area contributed by atoms with Crippen LogP contribution in [-0.2, 0) is 6.54 Å². The molecule has 2 rings (SSSR count). The fraction of sp³-hybridized carbons (Fsp3) is 0.385. The summed E-state index contributed by atoms with van der Waals surface area (Å²) < 4.78 is 38.0. The van der Waals surface area contributed by atoms with Crippen LogP contribution in [0, 0.1) is 0 Å². The molecule has 2 N–H and O–H groups in total. The van der Waals surface area contributed by atoms with Crippen LogP contribution in [0.5, 0.6) is 0 Å². The average molecular weight is 256 g/mol. The molecule has 2 nitrogen and oxygen atoms in total. The first kappa shape index (κ1) is 12.8. The lowest BCUT2D eigenvalue weighted by atomic mass is 10.2. The molecule has 0 spiro atoms. The Balaban J connectivity index is 1.98. The molecule has 0 aliphatic carbocycles. The molecule has 98 valence electrons. The van der Waals surface area contributed by atoms with Gasteiger partial charge in [0.1, 0.15) is 0 Å². The lowest BCUT2D eigenvalue weighted by Crippen LogP contribution is -2.07. The average Bonchev–Trinajstić information content (AvgIpc) is 2.66. The predicted octanol–water partition coefficient (Wildman–Crippen LogP) is 3.96. The summed E-state index contributed by atoms with van der Waals surface area (Å²) >= 11 is 0. The van der Waals surface area contributed by atoms with E-state index < -0.39 is 12.6 Å². The van der Waals surface area contributed by atoms with Crippen molar-refractivity contribution in [2.24, 2.45) is 0 Å². The largest absolute Gasteiger partial charge is 0.399 e. The predicted molar refractivity (Wildman–Crippen MR) is 66.3 cm³/mol. The van der Waals surface area contributed by atoms with Gasteiger partial charge in [0.25, 0.3) is 0 Å². The van der Waals surface area contributed by atoms with Gasteiger partial charge in [0.15, 0.2) is 0 Å². The van der Waals surface area contributed by atoms with Crippen LogP contribution in [0.25, 0.3) is 10.9 Å². The fourth-order valence-corrected chi connectivity index (χ4v) is 2.00.